The van der Waals surface area contributed by atoms with Gasteiger partial charge in [-0.1, -0.05) is 6.07 Å². The minimum Gasteiger partial charge on any atom is -0.365 e. The summed E-state index contributed by atoms with van der Waals surface area (Å²) in [5.41, 5.74) is 4.23. The Balaban J connectivity index is 1.89. The maximum absolute atomic E-state index is 3.47. The van der Waals surface area contributed by atoms with Crippen LogP contribution in [0.25, 0.3) is 0 Å². The number of hydrogen-bond donors (Lipinski definition) is 1. The second kappa shape index (κ2) is 4.58. The zero-order valence-corrected chi connectivity index (χ0v) is 11.7. The molecule has 2 saturated heterocycles. The average molecular weight is 244 g/mol. The minimum atomic E-state index is 0.727. The Bertz CT molecular complexity index is 406. The zero-order chi connectivity index (χ0) is 12.7. The summed E-state index contributed by atoms with van der Waals surface area (Å²) in [5, 5.41) is 3.47. The summed E-state index contributed by atoms with van der Waals surface area (Å²) in [6.07, 6.45) is 5.35. The number of aryl methyl sites for hydroxylation is 2. The smallest absolute Gasteiger partial charge is 0.0376 e. The first-order valence-corrected chi connectivity index (χ1v) is 7.21. The van der Waals surface area contributed by atoms with Crippen molar-refractivity contribution < 1.29 is 0 Å². The van der Waals surface area contributed by atoms with Crippen LogP contribution in [0.4, 0.5) is 5.69 Å². The van der Waals surface area contributed by atoms with Crippen molar-refractivity contribution in [3.8, 4) is 0 Å². The molecule has 0 spiro atoms. The number of rotatable bonds is 2. The maximum Gasteiger partial charge on any atom is 0.0376 e. The lowest BCUT2D eigenvalue weighted by atomic mass is 9.96. The summed E-state index contributed by atoms with van der Waals surface area (Å²) in [7, 11) is 2.11. The van der Waals surface area contributed by atoms with Crippen molar-refractivity contribution in [1.29, 1.82) is 0 Å². The molecule has 2 bridgehead atoms. The van der Waals surface area contributed by atoms with Crippen molar-refractivity contribution in [1.82, 2.24) is 5.32 Å². The van der Waals surface area contributed by atoms with Crippen LogP contribution in [0, 0.1) is 13.8 Å². The summed E-state index contributed by atoms with van der Waals surface area (Å²) in [4.78, 5) is 2.70. The monoisotopic (exact) mass is 244 g/mol. The highest BCUT2D eigenvalue weighted by Crippen LogP contribution is 2.39. The van der Waals surface area contributed by atoms with Crippen LogP contribution >= 0.6 is 0 Å². The lowest BCUT2D eigenvalue weighted by Crippen LogP contribution is -2.48. The van der Waals surface area contributed by atoms with Crippen molar-refractivity contribution in [2.45, 2.75) is 57.7 Å². The Kier molecular flexibility index (Phi) is 3.06. The van der Waals surface area contributed by atoms with Crippen LogP contribution in [-0.4, -0.2) is 25.2 Å². The van der Waals surface area contributed by atoms with Crippen LogP contribution in [-0.2, 0) is 0 Å². The van der Waals surface area contributed by atoms with Gasteiger partial charge >= 0.3 is 0 Å². The van der Waals surface area contributed by atoms with E-state index in [0.29, 0.717) is 0 Å². The second-order valence-electron chi connectivity index (χ2n) is 6.10. The highest BCUT2D eigenvalue weighted by atomic mass is 15.2. The predicted molar refractivity (Wildman–Crippen MR) is 77.3 cm³/mol. The first-order valence-electron chi connectivity index (χ1n) is 7.21. The topological polar surface area (TPSA) is 15.3 Å². The molecule has 1 aromatic carbocycles. The molecular formula is C16H24N2. The molecule has 2 heterocycles. The molecule has 2 heteroatoms. The van der Waals surface area contributed by atoms with Gasteiger partial charge < -0.3 is 10.2 Å². The molecular weight excluding hydrogens is 220 g/mol. The van der Waals surface area contributed by atoms with E-state index < -0.39 is 0 Å². The van der Waals surface area contributed by atoms with Gasteiger partial charge in [-0.2, -0.15) is 0 Å². The Morgan fingerprint density at radius 2 is 1.56 bits per heavy atom. The van der Waals surface area contributed by atoms with Crippen LogP contribution in [0.3, 0.4) is 0 Å². The van der Waals surface area contributed by atoms with E-state index in [-0.39, 0.29) is 0 Å². The van der Waals surface area contributed by atoms with E-state index in [9.17, 15) is 0 Å². The van der Waals surface area contributed by atoms with Crippen molar-refractivity contribution in [2.24, 2.45) is 0 Å². The van der Waals surface area contributed by atoms with Gasteiger partial charge in [0.1, 0.15) is 0 Å². The van der Waals surface area contributed by atoms with Gasteiger partial charge in [-0.15, -0.1) is 0 Å². The third-order valence-electron chi connectivity index (χ3n) is 4.65. The largest absolute Gasteiger partial charge is 0.365 e. The summed E-state index contributed by atoms with van der Waals surface area (Å²) in [6, 6.07) is 9.22. The third kappa shape index (κ3) is 2.03. The van der Waals surface area contributed by atoms with E-state index in [4.69, 9.17) is 0 Å². The van der Waals surface area contributed by atoms with Crippen LogP contribution < -0.4 is 10.2 Å². The van der Waals surface area contributed by atoms with Crippen LogP contribution in [0.5, 0.6) is 0 Å². The molecule has 0 aromatic heterocycles. The molecule has 1 N–H and O–H groups in total. The first kappa shape index (κ1) is 12.0. The van der Waals surface area contributed by atoms with E-state index in [2.05, 4.69) is 49.3 Å². The fraction of sp³-hybridized carbons (Fsp3) is 0.625. The second-order valence-corrected chi connectivity index (χ2v) is 6.10. The van der Waals surface area contributed by atoms with Gasteiger partial charge in [-0.25, -0.2) is 0 Å². The Hall–Kier alpha value is -1.02. The van der Waals surface area contributed by atoms with Gasteiger partial charge in [0.25, 0.3) is 0 Å². The molecule has 2 aliphatic heterocycles. The number of benzene rings is 1. The molecule has 2 aliphatic rings. The number of fused-ring (bicyclic) bond motifs is 2. The molecule has 1 aromatic rings. The van der Waals surface area contributed by atoms with Crippen molar-refractivity contribution in [3.63, 3.8) is 0 Å². The Labute approximate surface area is 110 Å². The van der Waals surface area contributed by atoms with Gasteiger partial charge in [0, 0.05) is 23.8 Å². The zero-order valence-electron chi connectivity index (χ0n) is 11.7. The van der Waals surface area contributed by atoms with Crippen LogP contribution in [0.1, 0.15) is 36.8 Å². The molecule has 2 nitrogen and oxygen atoms in total. The molecule has 0 saturated carbocycles. The van der Waals surface area contributed by atoms with Gasteiger partial charge in [-0.05, 0) is 69.8 Å². The standard InChI is InChI=1S/C16H24N2/c1-11-6-12(2)8-16(7-11)18-14-4-5-15(18)10-13(9-14)17-3/h6-8,13-15,17H,4-5,9-10H2,1-3H3. The summed E-state index contributed by atoms with van der Waals surface area (Å²) < 4.78 is 0. The number of piperidine rings is 1. The van der Waals surface area contributed by atoms with Crippen molar-refractivity contribution in [3.05, 3.63) is 29.3 Å². The van der Waals surface area contributed by atoms with Gasteiger partial charge in [0.15, 0.2) is 0 Å². The number of nitrogens with one attached hydrogen (secondary N) is 1. The predicted octanol–water partition coefficient (Wildman–Crippen LogP) is 3.02. The highest BCUT2D eigenvalue weighted by Gasteiger charge is 2.40. The van der Waals surface area contributed by atoms with Gasteiger partial charge in [0.05, 0.1) is 0 Å². The Morgan fingerprint density at radius 3 is 2.06 bits per heavy atom. The summed E-state index contributed by atoms with van der Waals surface area (Å²) in [6.45, 7) is 4.41. The molecule has 0 aliphatic carbocycles. The lowest BCUT2D eigenvalue weighted by Gasteiger charge is -2.40. The van der Waals surface area contributed by atoms with Gasteiger partial charge in [0.2, 0.25) is 0 Å². The maximum atomic E-state index is 3.47. The minimum absolute atomic E-state index is 0.727. The number of anilines is 1. The lowest BCUT2D eigenvalue weighted by molar-refractivity contribution is 0.374. The summed E-state index contributed by atoms with van der Waals surface area (Å²) >= 11 is 0. The summed E-state index contributed by atoms with van der Waals surface area (Å²) in [5.74, 6) is 0. The number of hydrogen-bond acceptors (Lipinski definition) is 2. The van der Waals surface area contributed by atoms with Crippen molar-refractivity contribution in [2.75, 3.05) is 11.9 Å². The molecule has 2 unspecified atom stereocenters. The molecule has 18 heavy (non-hydrogen) atoms. The van der Waals surface area contributed by atoms with E-state index in [1.807, 2.05) is 0 Å². The molecule has 0 amide bonds. The fourth-order valence-corrected chi connectivity index (χ4v) is 3.93. The van der Waals surface area contributed by atoms with E-state index >= 15 is 0 Å². The third-order valence-corrected chi connectivity index (χ3v) is 4.65. The molecule has 0 radical (unpaired) electrons. The van der Waals surface area contributed by atoms with Crippen molar-refractivity contribution >= 4 is 5.69 Å². The SMILES string of the molecule is CNC1CC2CCC(C1)N2c1cc(C)cc(C)c1. The first-order chi connectivity index (χ1) is 8.67. The molecule has 98 valence electrons. The van der Waals surface area contributed by atoms with Crippen LogP contribution in [0.15, 0.2) is 18.2 Å². The normalized spacial score (nSPS) is 30.8. The van der Waals surface area contributed by atoms with E-state index in [0.717, 1.165) is 18.1 Å². The highest BCUT2D eigenvalue weighted by molar-refractivity contribution is 5.54. The molecule has 3 rings (SSSR count). The van der Waals surface area contributed by atoms with Crippen LogP contribution in [0.2, 0.25) is 0 Å². The Morgan fingerprint density at radius 1 is 1.00 bits per heavy atom. The molecule has 2 fully saturated rings. The quantitative estimate of drug-likeness (QED) is 0.860. The van der Waals surface area contributed by atoms with E-state index in [1.54, 1.807) is 0 Å². The van der Waals surface area contributed by atoms with E-state index in [1.165, 1.54) is 42.5 Å². The van der Waals surface area contributed by atoms with Gasteiger partial charge in [-0.3, -0.25) is 0 Å². The molecule has 2 atom stereocenters. The number of nitrogens with zero attached hydrogens (tertiary/aromatic N) is 1. The fourth-order valence-electron chi connectivity index (χ4n) is 3.93. The average Bonchev–Trinajstić information content (AvgIpc) is 2.59.